The summed E-state index contributed by atoms with van der Waals surface area (Å²) in [6.07, 6.45) is 6.58. The van der Waals surface area contributed by atoms with Crippen LogP contribution in [0.25, 0.3) is 0 Å². The van der Waals surface area contributed by atoms with E-state index in [1.807, 2.05) is 6.07 Å². The van der Waals surface area contributed by atoms with Crippen LogP contribution in [-0.2, 0) is 11.3 Å². The first-order valence-electron chi connectivity index (χ1n) is 9.08. The van der Waals surface area contributed by atoms with E-state index in [-0.39, 0.29) is 5.91 Å². The van der Waals surface area contributed by atoms with Gasteiger partial charge in [-0.3, -0.25) is 4.79 Å². The molecule has 1 aromatic rings. The summed E-state index contributed by atoms with van der Waals surface area (Å²) in [5.74, 6) is -0.0578. The molecule has 0 heterocycles. The Bertz CT molecular complexity index is 542. The van der Waals surface area contributed by atoms with Gasteiger partial charge in [0.1, 0.15) is 5.41 Å². The summed E-state index contributed by atoms with van der Waals surface area (Å²) in [5, 5.41) is 12.5. The minimum atomic E-state index is -0.785. The smallest absolute Gasteiger partial charge is 0.240 e. The maximum absolute atomic E-state index is 12.5. The van der Waals surface area contributed by atoms with E-state index in [9.17, 15) is 10.1 Å². The Kier molecular flexibility index (Phi) is 7.27. The summed E-state index contributed by atoms with van der Waals surface area (Å²) < 4.78 is 0. The Morgan fingerprint density at radius 2 is 1.88 bits per heavy atom. The molecule has 1 aliphatic carbocycles. The lowest BCUT2D eigenvalue weighted by atomic mass is 9.81. The maximum atomic E-state index is 12.5. The molecule has 0 aromatic heterocycles. The van der Waals surface area contributed by atoms with Gasteiger partial charge in [-0.15, -0.1) is 0 Å². The summed E-state index contributed by atoms with van der Waals surface area (Å²) >= 11 is 0. The molecule has 24 heavy (non-hydrogen) atoms. The number of nitrogens with zero attached hydrogens (tertiary/aromatic N) is 2. The van der Waals surface area contributed by atoms with Crippen molar-refractivity contribution in [1.82, 2.24) is 10.2 Å². The molecule has 4 heteroatoms. The molecule has 1 N–H and O–H groups in total. The van der Waals surface area contributed by atoms with Gasteiger partial charge in [0.2, 0.25) is 5.91 Å². The Labute approximate surface area is 145 Å². The van der Waals surface area contributed by atoms with Crippen LogP contribution in [-0.4, -0.2) is 30.9 Å². The highest BCUT2D eigenvalue weighted by Gasteiger charge is 2.38. The molecule has 1 aromatic carbocycles. The van der Waals surface area contributed by atoms with Crippen LogP contribution in [0.3, 0.4) is 0 Å². The quantitative estimate of drug-likeness (QED) is 0.616. The number of nitriles is 1. The van der Waals surface area contributed by atoms with Crippen LogP contribution in [0.5, 0.6) is 0 Å². The zero-order valence-electron chi connectivity index (χ0n) is 14.8. The van der Waals surface area contributed by atoms with Crippen LogP contribution in [0.15, 0.2) is 30.3 Å². The van der Waals surface area contributed by atoms with Crippen molar-refractivity contribution in [3.05, 3.63) is 35.9 Å². The van der Waals surface area contributed by atoms with Crippen LogP contribution >= 0.6 is 0 Å². The molecule has 130 valence electrons. The van der Waals surface area contributed by atoms with Crippen molar-refractivity contribution >= 4 is 5.91 Å². The minimum absolute atomic E-state index is 0.0578. The van der Waals surface area contributed by atoms with Gasteiger partial charge < -0.3 is 10.2 Å². The summed E-state index contributed by atoms with van der Waals surface area (Å²) in [4.78, 5) is 14.7. The zero-order valence-corrected chi connectivity index (χ0v) is 14.8. The second-order valence-corrected chi connectivity index (χ2v) is 6.94. The third-order valence-corrected chi connectivity index (χ3v) is 4.90. The summed E-state index contributed by atoms with van der Waals surface area (Å²) in [7, 11) is 2.09. The molecule has 0 bridgehead atoms. The molecule has 0 aliphatic heterocycles. The number of rotatable bonds is 7. The van der Waals surface area contributed by atoms with Crippen LogP contribution in [0, 0.1) is 16.7 Å². The first-order chi connectivity index (χ1) is 11.7. The van der Waals surface area contributed by atoms with Crippen LogP contribution in [0.1, 0.15) is 50.5 Å². The van der Waals surface area contributed by atoms with Crippen molar-refractivity contribution in [2.45, 2.75) is 51.5 Å². The molecule has 1 aliphatic rings. The van der Waals surface area contributed by atoms with Crippen LogP contribution < -0.4 is 5.32 Å². The van der Waals surface area contributed by atoms with Gasteiger partial charge in [0, 0.05) is 13.1 Å². The summed E-state index contributed by atoms with van der Waals surface area (Å²) in [6.45, 7) is 2.48. The lowest BCUT2D eigenvalue weighted by molar-refractivity contribution is -0.128. The van der Waals surface area contributed by atoms with Gasteiger partial charge in [0.25, 0.3) is 0 Å². The summed E-state index contributed by atoms with van der Waals surface area (Å²) in [5.41, 5.74) is 0.512. The van der Waals surface area contributed by atoms with Crippen LogP contribution in [0.4, 0.5) is 0 Å². The molecule has 0 unspecified atom stereocenters. The van der Waals surface area contributed by atoms with Gasteiger partial charge in [-0.05, 0) is 38.4 Å². The van der Waals surface area contributed by atoms with Gasteiger partial charge in [-0.1, -0.05) is 56.0 Å². The zero-order chi connectivity index (χ0) is 17.3. The fourth-order valence-corrected chi connectivity index (χ4v) is 3.42. The minimum Gasteiger partial charge on any atom is -0.355 e. The number of hydrogen-bond donors (Lipinski definition) is 1. The second kappa shape index (κ2) is 9.44. The predicted molar refractivity (Wildman–Crippen MR) is 96.2 cm³/mol. The Hall–Kier alpha value is -1.86. The number of carbonyl (C=O) groups excluding carboxylic acids is 1. The van der Waals surface area contributed by atoms with Crippen molar-refractivity contribution in [1.29, 1.82) is 5.26 Å². The monoisotopic (exact) mass is 327 g/mol. The van der Waals surface area contributed by atoms with E-state index in [1.165, 1.54) is 5.56 Å². The molecule has 0 spiro atoms. The van der Waals surface area contributed by atoms with E-state index in [0.717, 1.165) is 45.2 Å². The number of amides is 1. The van der Waals surface area contributed by atoms with Crippen molar-refractivity contribution in [3.8, 4) is 6.07 Å². The van der Waals surface area contributed by atoms with E-state index in [0.29, 0.717) is 19.4 Å². The Morgan fingerprint density at radius 3 is 2.50 bits per heavy atom. The van der Waals surface area contributed by atoms with E-state index in [2.05, 4.69) is 47.6 Å². The van der Waals surface area contributed by atoms with E-state index >= 15 is 0 Å². The highest BCUT2D eigenvalue weighted by molar-refractivity contribution is 5.85. The molecule has 0 radical (unpaired) electrons. The Morgan fingerprint density at radius 1 is 1.21 bits per heavy atom. The maximum Gasteiger partial charge on any atom is 0.240 e. The van der Waals surface area contributed by atoms with E-state index < -0.39 is 5.41 Å². The largest absolute Gasteiger partial charge is 0.355 e. The number of carbonyl (C=O) groups is 1. The van der Waals surface area contributed by atoms with Gasteiger partial charge >= 0.3 is 0 Å². The van der Waals surface area contributed by atoms with Crippen molar-refractivity contribution in [2.75, 3.05) is 20.1 Å². The molecule has 1 fully saturated rings. The Balaban J connectivity index is 1.71. The van der Waals surface area contributed by atoms with Gasteiger partial charge in [0.15, 0.2) is 0 Å². The van der Waals surface area contributed by atoms with Gasteiger partial charge in [-0.25, -0.2) is 0 Å². The molecule has 4 nitrogen and oxygen atoms in total. The molecule has 0 atom stereocenters. The lowest BCUT2D eigenvalue weighted by Gasteiger charge is -2.24. The van der Waals surface area contributed by atoms with Gasteiger partial charge in [0.05, 0.1) is 6.07 Å². The first kappa shape index (κ1) is 18.5. The normalized spacial score (nSPS) is 17.0. The fraction of sp³-hybridized carbons (Fsp3) is 0.600. The van der Waals surface area contributed by atoms with Crippen molar-refractivity contribution in [2.24, 2.45) is 5.41 Å². The SMILES string of the molecule is CN(CCCNC(=O)C1(C#N)CCCCCC1)Cc1ccccc1. The third-order valence-electron chi connectivity index (χ3n) is 4.90. The predicted octanol–water partition coefficient (Wildman–Crippen LogP) is 3.49. The average Bonchev–Trinajstić information content (AvgIpc) is 2.86. The molecule has 0 saturated heterocycles. The molecule has 1 saturated carbocycles. The summed E-state index contributed by atoms with van der Waals surface area (Å²) in [6, 6.07) is 12.7. The topological polar surface area (TPSA) is 56.1 Å². The standard InChI is InChI=1S/C20H29N3O/c1-23(16-18-10-5-4-6-11-18)15-9-14-22-19(24)20(17-21)12-7-2-3-8-13-20/h4-6,10-11H,2-3,7-9,12-16H2,1H3,(H,22,24). The number of hydrogen-bond acceptors (Lipinski definition) is 3. The fourth-order valence-electron chi connectivity index (χ4n) is 3.42. The van der Waals surface area contributed by atoms with Crippen LogP contribution in [0.2, 0.25) is 0 Å². The highest BCUT2D eigenvalue weighted by atomic mass is 16.2. The molecule has 1 amide bonds. The number of benzene rings is 1. The van der Waals surface area contributed by atoms with Crippen molar-refractivity contribution < 1.29 is 4.79 Å². The van der Waals surface area contributed by atoms with E-state index in [1.54, 1.807) is 0 Å². The average molecular weight is 327 g/mol. The molecular formula is C20H29N3O. The molecular weight excluding hydrogens is 298 g/mol. The number of nitrogens with one attached hydrogen (secondary N) is 1. The van der Waals surface area contributed by atoms with Gasteiger partial charge in [-0.2, -0.15) is 5.26 Å². The second-order valence-electron chi connectivity index (χ2n) is 6.94. The first-order valence-corrected chi connectivity index (χ1v) is 9.08. The lowest BCUT2D eigenvalue weighted by Crippen LogP contribution is -2.40. The molecule has 2 rings (SSSR count). The van der Waals surface area contributed by atoms with Crippen molar-refractivity contribution in [3.63, 3.8) is 0 Å². The van der Waals surface area contributed by atoms with E-state index in [4.69, 9.17) is 0 Å². The third kappa shape index (κ3) is 5.35. The highest BCUT2D eigenvalue weighted by Crippen LogP contribution is 2.34.